The van der Waals surface area contributed by atoms with Crippen LogP contribution in [0.3, 0.4) is 0 Å². The van der Waals surface area contributed by atoms with E-state index >= 15 is 0 Å². The quantitative estimate of drug-likeness (QED) is 0.701. The standard InChI is InChI=1S/C12H21N3O3S/c1-2-13-11(16)10-7-18-5-4-15(10)12(17)9-8-19-6-3-14-9/h9-10,14H,2-8H2,1H3,(H,13,16). The molecule has 0 aromatic heterocycles. The van der Waals surface area contributed by atoms with Gasteiger partial charge >= 0.3 is 0 Å². The van der Waals surface area contributed by atoms with Crippen LogP contribution in [-0.4, -0.2) is 73.2 Å². The summed E-state index contributed by atoms with van der Waals surface area (Å²) in [5, 5.41) is 5.99. The molecule has 108 valence electrons. The van der Waals surface area contributed by atoms with E-state index in [-0.39, 0.29) is 24.5 Å². The molecule has 0 saturated carbocycles. The fourth-order valence-corrected chi connectivity index (χ4v) is 3.23. The van der Waals surface area contributed by atoms with Gasteiger partial charge in [0.05, 0.1) is 19.3 Å². The van der Waals surface area contributed by atoms with Gasteiger partial charge < -0.3 is 20.3 Å². The second-order valence-electron chi connectivity index (χ2n) is 4.60. The highest BCUT2D eigenvalue weighted by Crippen LogP contribution is 2.14. The molecule has 2 saturated heterocycles. The zero-order valence-electron chi connectivity index (χ0n) is 11.2. The van der Waals surface area contributed by atoms with E-state index in [1.165, 1.54) is 0 Å². The predicted molar refractivity (Wildman–Crippen MR) is 74.1 cm³/mol. The number of nitrogens with zero attached hydrogens (tertiary/aromatic N) is 1. The van der Waals surface area contributed by atoms with E-state index in [1.54, 1.807) is 16.7 Å². The van der Waals surface area contributed by atoms with Crippen molar-refractivity contribution in [2.45, 2.75) is 19.0 Å². The summed E-state index contributed by atoms with van der Waals surface area (Å²) >= 11 is 1.77. The molecule has 0 aromatic carbocycles. The minimum Gasteiger partial charge on any atom is -0.377 e. The molecule has 19 heavy (non-hydrogen) atoms. The Bertz CT molecular complexity index is 334. The van der Waals surface area contributed by atoms with Crippen molar-refractivity contribution < 1.29 is 14.3 Å². The second-order valence-corrected chi connectivity index (χ2v) is 5.75. The van der Waals surface area contributed by atoms with Crippen molar-refractivity contribution in [1.29, 1.82) is 0 Å². The Morgan fingerprint density at radius 2 is 2.37 bits per heavy atom. The third kappa shape index (κ3) is 3.61. The highest BCUT2D eigenvalue weighted by atomic mass is 32.2. The molecule has 7 heteroatoms. The molecule has 2 atom stereocenters. The normalized spacial score (nSPS) is 27.9. The summed E-state index contributed by atoms with van der Waals surface area (Å²) in [5.74, 6) is 1.70. The van der Waals surface area contributed by atoms with Crippen LogP contribution in [-0.2, 0) is 14.3 Å². The molecule has 2 fully saturated rings. The molecule has 2 unspecified atom stereocenters. The van der Waals surface area contributed by atoms with E-state index in [2.05, 4.69) is 10.6 Å². The van der Waals surface area contributed by atoms with Gasteiger partial charge in [-0.2, -0.15) is 11.8 Å². The van der Waals surface area contributed by atoms with Gasteiger partial charge in [-0.05, 0) is 6.92 Å². The van der Waals surface area contributed by atoms with Crippen LogP contribution in [0.5, 0.6) is 0 Å². The highest BCUT2D eigenvalue weighted by molar-refractivity contribution is 7.99. The molecule has 0 radical (unpaired) electrons. The zero-order chi connectivity index (χ0) is 13.7. The number of nitrogens with one attached hydrogen (secondary N) is 2. The third-order valence-corrected chi connectivity index (χ3v) is 4.35. The first-order valence-corrected chi connectivity index (χ1v) is 7.86. The van der Waals surface area contributed by atoms with Crippen molar-refractivity contribution >= 4 is 23.6 Å². The topological polar surface area (TPSA) is 70.7 Å². The monoisotopic (exact) mass is 287 g/mol. The Morgan fingerprint density at radius 3 is 3.05 bits per heavy atom. The largest absolute Gasteiger partial charge is 0.377 e. The van der Waals surface area contributed by atoms with Crippen LogP contribution in [0.4, 0.5) is 0 Å². The number of hydrogen-bond acceptors (Lipinski definition) is 5. The van der Waals surface area contributed by atoms with Crippen LogP contribution in [0, 0.1) is 0 Å². The fraction of sp³-hybridized carbons (Fsp3) is 0.833. The predicted octanol–water partition coefficient (Wildman–Crippen LogP) is -0.945. The van der Waals surface area contributed by atoms with Gasteiger partial charge in [-0.15, -0.1) is 0 Å². The minimum atomic E-state index is -0.491. The first kappa shape index (κ1) is 14.6. The van der Waals surface area contributed by atoms with Gasteiger partial charge in [0.1, 0.15) is 6.04 Å². The number of hydrogen-bond donors (Lipinski definition) is 2. The van der Waals surface area contributed by atoms with Gasteiger partial charge in [0.2, 0.25) is 11.8 Å². The van der Waals surface area contributed by atoms with Gasteiger partial charge in [-0.3, -0.25) is 9.59 Å². The van der Waals surface area contributed by atoms with Gasteiger partial charge in [0.15, 0.2) is 0 Å². The molecule has 6 nitrogen and oxygen atoms in total. The Kier molecular flexibility index (Phi) is 5.47. The molecule has 2 aliphatic heterocycles. The molecule has 2 rings (SSSR count). The Morgan fingerprint density at radius 1 is 1.53 bits per heavy atom. The fourth-order valence-electron chi connectivity index (χ4n) is 2.30. The maximum absolute atomic E-state index is 12.5. The van der Waals surface area contributed by atoms with Crippen molar-refractivity contribution in [2.24, 2.45) is 0 Å². The molecule has 0 spiro atoms. The van der Waals surface area contributed by atoms with E-state index in [4.69, 9.17) is 4.74 Å². The van der Waals surface area contributed by atoms with Gasteiger partial charge in [0, 0.05) is 31.1 Å². The van der Waals surface area contributed by atoms with Crippen molar-refractivity contribution in [3.8, 4) is 0 Å². The number of likely N-dealkylation sites (N-methyl/N-ethyl adjacent to an activating group) is 1. The Hall–Kier alpha value is -0.790. The van der Waals surface area contributed by atoms with E-state index < -0.39 is 6.04 Å². The molecule has 0 aliphatic carbocycles. The number of rotatable bonds is 3. The summed E-state index contributed by atoms with van der Waals surface area (Å²) in [7, 11) is 0. The lowest BCUT2D eigenvalue weighted by Gasteiger charge is -2.37. The Labute approximate surface area is 117 Å². The first-order valence-electron chi connectivity index (χ1n) is 6.71. The molecular formula is C12H21N3O3S. The van der Waals surface area contributed by atoms with Crippen LogP contribution >= 0.6 is 11.8 Å². The lowest BCUT2D eigenvalue weighted by atomic mass is 10.1. The molecule has 0 bridgehead atoms. The molecule has 2 N–H and O–H groups in total. The summed E-state index contributed by atoms with van der Waals surface area (Å²) in [6.07, 6.45) is 0. The number of carbonyl (C=O) groups is 2. The second kappa shape index (κ2) is 7.12. The van der Waals surface area contributed by atoms with Crippen LogP contribution in [0.15, 0.2) is 0 Å². The summed E-state index contributed by atoms with van der Waals surface area (Å²) in [5.41, 5.74) is 0. The first-order chi connectivity index (χ1) is 9.24. The summed E-state index contributed by atoms with van der Waals surface area (Å²) in [6, 6.07) is -0.663. The maximum atomic E-state index is 12.5. The van der Waals surface area contributed by atoms with E-state index in [0.29, 0.717) is 19.7 Å². The Balaban J connectivity index is 2.01. The number of ether oxygens (including phenoxy) is 1. The lowest BCUT2D eigenvalue weighted by Crippen LogP contribution is -2.60. The van der Waals surface area contributed by atoms with E-state index in [9.17, 15) is 9.59 Å². The molecular weight excluding hydrogens is 266 g/mol. The zero-order valence-corrected chi connectivity index (χ0v) is 12.0. The smallest absolute Gasteiger partial charge is 0.245 e. The van der Waals surface area contributed by atoms with Crippen LogP contribution < -0.4 is 10.6 Å². The van der Waals surface area contributed by atoms with Crippen molar-refractivity contribution in [1.82, 2.24) is 15.5 Å². The third-order valence-electron chi connectivity index (χ3n) is 3.28. The van der Waals surface area contributed by atoms with Crippen molar-refractivity contribution in [3.05, 3.63) is 0 Å². The summed E-state index contributed by atoms with van der Waals surface area (Å²) in [4.78, 5) is 26.1. The van der Waals surface area contributed by atoms with Crippen LogP contribution in [0.25, 0.3) is 0 Å². The van der Waals surface area contributed by atoms with E-state index in [1.807, 2.05) is 6.92 Å². The summed E-state index contributed by atoms with van der Waals surface area (Å²) < 4.78 is 5.34. The molecule has 2 amide bonds. The van der Waals surface area contributed by atoms with Crippen LogP contribution in [0.2, 0.25) is 0 Å². The molecule has 0 aromatic rings. The van der Waals surface area contributed by atoms with Crippen LogP contribution in [0.1, 0.15) is 6.92 Å². The molecule has 2 aliphatic rings. The number of amides is 2. The van der Waals surface area contributed by atoms with Gasteiger partial charge in [-0.25, -0.2) is 0 Å². The number of thioether (sulfide) groups is 1. The van der Waals surface area contributed by atoms with Crippen molar-refractivity contribution in [2.75, 3.05) is 44.4 Å². The summed E-state index contributed by atoms with van der Waals surface area (Å²) in [6.45, 7) is 4.56. The number of carbonyl (C=O) groups excluding carboxylic acids is 2. The lowest BCUT2D eigenvalue weighted by molar-refractivity contribution is -0.149. The SMILES string of the molecule is CCNC(=O)C1COCCN1C(=O)C1CSCCN1. The average molecular weight is 287 g/mol. The van der Waals surface area contributed by atoms with Crippen molar-refractivity contribution in [3.63, 3.8) is 0 Å². The minimum absolute atomic E-state index is 0.0201. The molecule has 2 heterocycles. The van der Waals surface area contributed by atoms with Gasteiger partial charge in [-0.1, -0.05) is 0 Å². The number of morpholine rings is 1. The maximum Gasteiger partial charge on any atom is 0.245 e. The highest BCUT2D eigenvalue weighted by Gasteiger charge is 2.36. The van der Waals surface area contributed by atoms with Gasteiger partial charge in [0.25, 0.3) is 0 Å². The average Bonchev–Trinajstić information content (AvgIpc) is 2.47. The van der Waals surface area contributed by atoms with E-state index in [0.717, 1.165) is 18.1 Å².